The van der Waals surface area contributed by atoms with Crippen LogP contribution in [0.25, 0.3) is 0 Å². The van der Waals surface area contributed by atoms with Crippen molar-refractivity contribution < 1.29 is 25.2 Å². The Morgan fingerprint density at radius 2 is 1.63 bits per heavy atom. The van der Waals surface area contributed by atoms with Crippen LogP contribution in [0.15, 0.2) is 11.6 Å². The van der Waals surface area contributed by atoms with Gasteiger partial charge in [-0.3, -0.25) is 0 Å². The lowest BCUT2D eigenvalue weighted by molar-refractivity contribution is -0.327. The molecule has 5 aliphatic carbocycles. The molecule has 198 valence electrons. The first-order valence-electron chi connectivity index (χ1n) is 14.0. The highest BCUT2D eigenvalue weighted by atomic mass is 16.4. The first kappa shape index (κ1) is 25.7. The first-order valence-corrected chi connectivity index (χ1v) is 14.0. The Balaban J connectivity index is 1.61. The third kappa shape index (κ3) is 3.07. The molecular weight excluding hydrogens is 440 g/mol. The molecule has 4 saturated carbocycles. The van der Waals surface area contributed by atoms with Gasteiger partial charge in [0.25, 0.3) is 0 Å². The number of aliphatic hydroxyl groups excluding tert-OH is 3. The predicted molar refractivity (Wildman–Crippen MR) is 133 cm³/mol. The normalized spacial score (nSPS) is 55.0. The summed E-state index contributed by atoms with van der Waals surface area (Å²) in [5.41, 5.74) is -0.311. The third-order valence-corrected chi connectivity index (χ3v) is 13.1. The van der Waals surface area contributed by atoms with Crippen molar-refractivity contribution in [3.8, 4) is 0 Å². The van der Waals surface area contributed by atoms with Gasteiger partial charge in [-0.15, -0.1) is 0 Å². The molecule has 0 saturated heterocycles. The summed E-state index contributed by atoms with van der Waals surface area (Å²) in [7, 11) is 0. The molecular formula is C30H47O5-. The van der Waals surface area contributed by atoms with Crippen molar-refractivity contribution in [2.24, 2.45) is 50.2 Å². The highest BCUT2D eigenvalue weighted by Crippen LogP contribution is 2.75. The van der Waals surface area contributed by atoms with E-state index >= 15 is 0 Å². The van der Waals surface area contributed by atoms with Gasteiger partial charge in [0.15, 0.2) is 0 Å². The minimum Gasteiger partial charge on any atom is -0.550 e. The average Bonchev–Trinajstić information content (AvgIpc) is 2.77. The molecule has 0 aromatic heterocycles. The van der Waals surface area contributed by atoms with Crippen molar-refractivity contribution in [3.63, 3.8) is 0 Å². The Hall–Kier alpha value is -0.910. The van der Waals surface area contributed by atoms with Crippen molar-refractivity contribution in [3.05, 3.63) is 11.6 Å². The second-order valence-corrected chi connectivity index (χ2v) is 15.0. The molecule has 0 unspecified atom stereocenters. The molecule has 0 spiro atoms. The topological polar surface area (TPSA) is 101 Å². The quantitative estimate of drug-likeness (QED) is 0.514. The van der Waals surface area contributed by atoms with Crippen LogP contribution in [0.2, 0.25) is 0 Å². The molecule has 3 N–H and O–H groups in total. The Bertz CT molecular complexity index is 941. The number of allylic oxidation sites excluding steroid dienone is 2. The van der Waals surface area contributed by atoms with Crippen LogP contribution in [-0.2, 0) is 4.79 Å². The van der Waals surface area contributed by atoms with Crippen molar-refractivity contribution in [2.45, 2.75) is 112 Å². The molecule has 5 nitrogen and oxygen atoms in total. The van der Waals surface area contributed by atoms with E-state index in [-0.39, 0.29) is 40.1 Å². The van der Waals surface area contributed by atoms with Crippen LogP contribution >= 0.6 is 0 Å². The number of aliphatic carboxylic acids is 1. The van der Waals surface area contributed by atoms with E-state index in [1.165, 1.54) is 5.57 Å². The summed E-state index contributed by atoms with van der Waals surface area (Å²) in [5.74, 6) is -0.385. The zero-order valence-electron chi connectivity index (χ0n) is 22.7. The van der Waals surface area contributed by atoms with Crippen LogP contribution in [0.5, 0.6) is 0 Å². The number of hydrogen-bond acceptors (Lipinski definition) is 5. The molecule has 0 aliphatic heterocycles. The standard InChI is InChI=1S/C30H48O5/c1-25(2)11-13-30(24(34)35)14-12-28(5)18(19(30)15-25)7-8-22-26(3)16-20(32)23(33)27(4,17-31)21(26)9-10-29(22,28)6/h7,19-23,31-33H,8-17H2,1-6H3,(H,34,35)/p-1/t19-,20+,21+,22+,23-,26-,27-,28+,29+,30-/m0/s1. The minimum absolute atomic E-state index is 0.0274. The predicted octanol–water partition coefficient (Wildman–Crippen LogP) is 3.84. The molecule has 5 aliphatic rings. The third-order valence-electron chi connectivity index (χ3n) is 13.1. The van der Waals surface area contributed by atoms with Gasteiger partial charge in [0, 0.05) is 16.8 Å². The number of hydrogen-bond donors (Lipinski definition) is 3. The van der Waals surface area contributed by atoms with E-state index < -0.39 is 29.0 Å². The van der Waals surface area contributed by atoms with Crippen LogP contribution in [0.4, 0.5) is 0 Å². The van der Waals surface area contributed by atoms with Gasteiger partial charge in [-0.25, -0.2) is 0 Å². The molecule has 0 aromatic carbocycles. The average molecular weight is 488 g/mol. The van der Waals surface area contributed by atoms with Gasteiger partial charge in [-0.05, 0) is 97.2 Å². The van der Waals surface area contributed by atoms with Gasteiger partial charge >= 0.3 is 0 Å². The maximum atomic E-state index is 12.7. The SMILES string of the molecule is CC1(C)CC[C@]2(C(=O)[O-])CC[C@]3(C)C(=CC[C@@H]4[C@@]5(C)C[C@@H](O)[C@H](O)[C@@](C)(CO)[C@@H]5CC[C@]43C)[C@@H]2C1. The molecule has 10 atom stereocenters. The number of carbonyl (C=O) groups is 1. The highest BCUT2D eigenvalue weighted by molar-refractivity contribution is 5.74. The Kier molecular flexibility index (Phi) is 5.56. The summed E-state index contributed by atoms with van der Waals surface area (Å²) in [5, 5.41) is 45.0. The summed E-state index contributed by atoms with van der Waals surface area (Å²) >= 11 is 0. The Morgan fingerprint density at radius 3 is 2.26 bits per heavy atom. The molecule has 0 bridgehead atoms. The van der Waals surface area contributed by atoms with E-state index in [0.29, 0.717) is 25.2 Å². The molecule has 5 heteroatoms. The van der Waals surface area contributed by atoms with Crippen LogP contribution in [0.1, 0.15) is 99.3 Å². The summed E-state index contributed by atoms with van der Waals surface area (Å²) < 4.78 is 0. The second kappa shape index (κ2) is 7.57. The number of carboxylic acids is 1. The van der Waals surface area contributed by atoms with Crippen LogP contribution < -0.4 is 5.11 Å². The van der Waals surface area contributed by atoms with Gasteiger partial charge in [-0.2, -0.15) is 0 Å². The number of carbonyl (C=O) groups excluding carboxylic acids is 1. The zero-order valence-corrected chi connectivity index (χ0v) is 22.7. The molecule has 35 heavy (non-hydrogen) atoms. The van der Waals surface area contributed by atoms with Crippen molar-refractivity contribution >= 4 is 5.97 Å². The van der Waals surface area contributed by atoms with E-state index in [0.717, 1.165) is 38.5 Å². The van der Waals surface area contributed by atoms with Crippen molar-refractivity contribution in [1.29, 1.82) is 0 Å². The van der Waals surface area contributed by atoms with Gasteiger partial charge in [0.05, 0.1) is 18.8 Å². The van der Waals surface area contributed by atoms with Crippen LogP contribution in [0.3, 0.4) is 0 Å². The first-order chi connectivity index (χ1) is 16.1. The molecule has 0 aromatic rings. The summed E-state index contributed by atoms with van der Waals surface area (Å²) in [6, 6.07) is 0. The highest BCUT2D eigenvalue weighted by Gasteiger charge is 2.69. The van der Waals surface area contributed by atoms with Crippen molar-refractivity contribution in [1.82, 2.24) is 0 Å². The summed E-state index contributed by atoms with van der Waals surface area (Å²) in [6.07, 6.45) is 8.06. The lowest BCUT2D eigenvalue weighted by Gasteiger charge is -2.72. The van der Waals surface area contributed by atoms with Gasteiger partial charge in [0.1, 0.15) is 0 Å². The lowest BCUT2D eigenvalue weighted by Crippen LogP contribution is -2.68. The van der Waals surface area contributed by atoms with Crippen LogP contribution in [0, 0.1) is 50.2 Å². The Morgan fingerprint density at radius 1 is 0.971 bits per heavy atom. The maximum Gasteiger partial charge on any atom is 0.0877 e. The number of fused-ring (bicyclic) bond motifs is 7. The van der Waals surface area contributed by atoms with Gasteiger partial charge in [-0.1, -0.05) is 53.2 Å². The van der Waals surface area contributed by atoms with Gasteiger partial charge < -0.3 is 25.2 Å². The molecule has 0 radical (unpaired) electrons. The fraction of sp³-hybridized carbons (Fsp3) is 0.900. The molecule has 0 heterocycles. The monoisotopic (exact) mass is 487 g/mol. The number of aliphatic hydroxyl groups is 3. The molecule has 4 fully saturated rings. The minimum atomic E-state index is -0.914. The maximum absolute atomic E-state index is 12.7. The van der Waals surface area contributed by atoms with E-state index in [1.54, 1.807) is 0 Å². The van der Waals surface area contributed by atoms with E-state index in [9.17, 15) is 25.2 Å². The summed E-state index contributed by atoms with van der Waals surface area (Å²) in [6.45, 7) is 13.5. The Labute approximate surface area is 211 Å². The number of rotatable bonds is 2. The number of carboxylic acid groups (broad SMARTS) is 1. The van der Waals surface area contributed by atoms with Gasteiger partial charge in [0.2, 0.25) is 0 Å². The van der Waals surface area contributed by atoms with E-state index in [2.05, 4.69) is 40.7 Å². The fourth-order valence-corrected chi connectivity index (χ4v) is 10.8. The van der Waals surface area contributed by atoms with E-state index in [1.807, 2.05) is 6.92 Å². The van der Waals surface area contributed by atoms with Crippen LogP contribution in [-0.4, -0.2) is 40.1 Å². The second-order valence-electron chi connectivity index (χ2n) is 15.0. The smallest absolute Gasteiger partial charge is 0.0877 e. The van der Waals surface area contributed by atoms with Crippen molar-refractivity contribution in [2.75, 3.05) is 6.61 Å². The largest absolute Gasteiger partial charge is 0.550 e. The van der Waals surface area contributed by atoms with E-state index in [4.69, 9.17) is 0 Å². The fourth-order valence-electron chi connectivity index (χ4n) is 10.8. The molecule has 5 rings (SSSR count). The lowest BCUT2D eigenvalue weighted by atomic mass is 9.33. The summed E-state index contributed by atoms with van der Waals surface area (Å²) in [4.78, 5) is 12.7. The molecule has 0 amide bonds. The zero-order chi connectivity index (χ0) is 25.8.